The minimum atomic E-state index is -1.19. The van der Waals surface area contributed by atoms with Gasteiger partial charge in [-0.15, -0.1) is 0 Å². The van der Waals surface area contributed by atoms with E-state index in [9.17, 15) is 39.0 Å². The van der Waals surface area contributed by atoms with E-state index in [1.54, 1.807) is 42.5 Å². The standard InChI is InChI=1S/C35H47N5O8S.C3H8/c1-22-7-6-10-25(17-22)32(44)40-28(19-24-11-13-26(41)14-12-24)33(45)37-20-30(42)36-21-31(43)38-29(18-23-8-4-3-5-9-23)34(46)39-27(35(47)48)15-16-49-2;1-3-2/h3-5,8-9,11-14,22,25,27-29,41H,6-7,10,15-21H2,1-2H3,(H,36,42)(H,37,45)(H,38,43)(H,39,46)(H,40,44)(H,47,48);3H2,1-2H3. The molecule has 3 rings (SSSR count). The van der Waals surface area contributed by atoms with Gasteiger partial charge in [-0.1, -0.05) is 82.5 Å². The molecule has 1 fully saturated rings. The molecule has 0 heterocycles. The van der Waals surface area contributed by atoms with Gasteiger partial charge in [0.05, 0.1) is 13.1 Å². The quantitative estimate of drug-likeness (QED) is 0.120. The lowest BCUT2D eigenvalue weighted by Gasteiger charge is -2.28. The number of nitrogens with one attached hydrogen (secondary N) is 5. The van der Waals surface area contributed by atoms with Crippen molar-refractivity contribution in [3.63, 3.8) is 0 Å². The lowest BCUT2D eigenvalue weighted by molar-refractivity contribution is -0.142. The van der Waals surface area contributed by atoms with Crippen LogP contribution in [0, 0.1) is 11.8 Å². The molecule has 52 heavy (non-hydrogen) atoms. The van der Waals surface area contributed by atoms with Crippen LogP contribution in [-0.2, 0) is 41.6 Å². The highest BCUT2D eigenvalue weighted by atomic mass is 32.2. The molecular formula is C38H55N5O8S. The van der Waals surface area contributed by atoms with Crippen molar-refractivity contribution in [3.8, 4) is 5.75 Å². The molecule has 1 aliphatic rings. The summed E-state index contributed by atoms with van der Waals surface area (Å²) in [7, 11) is 0. The van der Waals surface area contributed by atoms with E-state index in [0.717, 1.165) is 31.2 Å². The van der Waals surface area contributed by atoms with Gasteiger partial charge in [-0.3, -0.25) is 24.0 Å². The summed E-state index contributed by atoms with van der Waals surface area (Å²) in [6.07, 6.45) is 6.95. The van der Waals surface area contributed by atoms with Gasteiger partial charge in [0.2, 0.25) is 29.5 Å². The average molecular weight is 742 g/mol. The minimum Gasteiger partial charge on any atom is -0.508 e. The summed E-state index contributed by atoms with van der Waals surface area (Å²) in [4.78, 5) is 76.6. The number of aromatic hydroxyl groups is 1. The number of phenols is 1. The zero-order valence-electron chi connectivity index (χ0n) is 30.6. The first-order valence-corrected chi connectivity index (χ1v) is 19.2. The molecule has 0 bridgehead atoms. The number of thioether (sulfide) groups is 1. The first kappa shape index (κ1) is 43.6. The number of aliphatic carboxylic acids is 1. The fourth-order valence-electron chi connectivity index (χ4n) is 5.64. The molecule has 5 atom stereocenters. The van der Waals surface area contributed by atoms with Crippen LogP contribution in [0.2, 0.25) is 0 Å². The fourth-order valence-corrected chi connectivity index (χ4v) is 6.11. The van der Waals surface area contributed by atoms with Crippen molar-refractivity contribution in [1.29, 1.82) is 0 Å². The van der Waals surface area contributed by atoms with Crippen molar-refractivity contribution in [2.24, 2.45) is 11.8 Å². The number of benzene rings is 2. The molecule has 0 saturated heterocycles. The zero-order valence-corrected chi connectivity index (χ0v) is 31.4. The third kappa shape index (κ3) is 16.6. The second-order valence-electron chi connectivity index (χ2n) is 13.1. The van der Waals surface area contributed by atoms with Crippen LogP contribution in [0.15, 0.2) is 54.6 Å². The highest BCUT2D eigenvalue weighted by molar-refractivity contribution is 7.98. The summed E-state index contributed by atoms with van der Waals surface area (Å²) in [6, 6.07) is 11.9. The van der Waals surface area contributed by atoms with Gasteiger partial charge in [-0.05, 0) is 60.4 Å². The van der Waals surface area contributed by atoms with Crippen molar-refractivity contribution < 1.29 is 39.0 Å². The lowest BCUT2D eigenvalue weighted by atomic mass is 9.82. The molecule has 5 unspecified atom stereocenters. The van der Waals surface area contributed by atoms with Gasteiger partial charge in [0.15, 0.2) is 0 Å². The first-order valence-electron chi connectivity index (χ1n) is 17.8. The van der Waals surface area contributed by atoms with E-state index in [1.807, 2.05) is 6.26 Å². The molecule has 0 radical (unpaired) electrons. The Labute approximate surface area is 310 Å². The van der Waals surface area contributed by atoms with E-state index >= 15 is 0 Å². The summed E-state index contributed by atoms with van der Waals surface area (Å²) in [5.41, 5.74) is 1.43. The summed E-state index contributed by atoms with van der Waals surface area (Å²) < 4.78 is 0. The lowest BCUT2D eigenvalue weighted by Crippen LogP contribution is -2.54. The van der Waals surface area contributed by atoms with E-state index in [0.29, 0.717) is 17.2 Å². The van der Waals surface area contributed by atoms with Gasteiger partial charge in [-0.25, -0.2) is 4.79 Å². The second kappa shape index (κ2) is 23.8. The number of carboxylic acid groups (broad SMARTS) is 1. The summed E-state index contributed by atoms with van der Waals surface area (Å²) >= 11 is 1.44. The molecule has 14 heteroatoms. The van der Waals surface area contributed by atoms with Gasteiger partial charge < -0.3 is 36.8 Å². The van der Waals surface area contributed by atoms with E-state index < -0.39 is 60.8 Å². The second-order valence-corrected chi connectivity index (χ2v) is 14.1. The molecule has 1 aliphatic carbocycles. The van der Waals surface area contributed by atoms with E-state index in [4.69, 9.17) is 0 Å². The SMILES string of the molecule is CCC.CSCCC(NC(=O)C(Cc1ccccc1)NC(=O)CNC(=O)CNC(=O)C(Cc1ccc(O)cc1)NC(=O)C1CCCC(C)C1)C(=O)O. The smallest absolute Gasteiger partial charge is 0.326 e. The Morgan fingerprint density at radius 1 is 0.769 bits per heavy atom. The molecule has 13 nitrogen and oxygen atoms in total. The predicted molar refractivity (Wildman–Crippen MR) is 201 cm³/mol. The molecule has 5 amide bonds. The maximum atomic E-state index is 13.2. The monoisotopic (exact) mass is 741 g/mol. The summed E-state index contributed by atoms with van der Waals surface area (Å²) in [6.45, 7) is 5.37. The number of phenolic OH excluding ortho intramolecular Hbond substituents is 1. The van der Waals surface area contributed by atoms with Gasteiger partial charge in [0, 0.05) is 18.8 Å². The van der Waals surface area contributed by atoms with E-state index in [1.165, 1.54) is 30.3 Å². The van der Waals surface area contributed by atoms with Crippen LogP contribution in [0.25, 0.3) is 0 Å². The molecule has 0 aromatic heterocycles. The van der Waals surface area contributed by atoms with Gasteiger partial charge in [0.25, 0.3) is 0 Å². The fraction of sp³-hybridized carbons (Fsp3) is 0.526. The van der Waals surface area contributed by atoms with Crippen LogP contribution in [0.1, 0.15) is 70.4 Å². The van der Waals surface area contributed by atoms with Crippen LogP contribution in [0.5, 0.6) is 5.75 Å². The third-order valence-electron chi connectivity index (χ3n) is 8.35. The molecular weight excluding hydrogens is 687 g/mol. The van der Waals surface area contributed by atoms with Gasteiger partial charge in [-0.2, -0.15) is 11.8 Å². The molecule has 1 saturated carbocycles. The Morgan fingerprint density at radius 3 is 1.96 bits per heavy atom. The molecule has 2 aromatic rings. The van der Waals surface area contributed by atoms with Crippen molar-refractivity contribution in [3.05, 3.63) is 65.7 Å². The highest BCUT2D eigenvalue weighted by Crippen LogP contribution is 2.28. The Morgan fingerprint density at radius 2 is 1.37 bits per heavy atom. The topological polar surface area (TPSA) is 203 Å². The van der Waals surface area contributed by atoms with Gasteiger partial charge >= 0.3 is 5.97 Å². The van der Waals surface area contributed by atoms with Crippen LogP contribution in [0.4, 0.5) is 0 Å². The molecule has 286 valence electrons. The van der Waals surface area contributed by atoms with Crippen LogP contribution in [-0.4, -0.2) is 88.9 Å². The molecule has 7 N–H and O–H groups in total. The van der Waals surface area contributed by atoms with E-state index in [-0.39, 0.29) is 36.8 Å². The van der Waals surface area contributed by atoms with Crippen molar-refractivity contribution in [2.75, 3.05) is 25.1 Å². The number of carbonyl (C=O) groups is 6. The maximum Gasteiger partial charge on any atom is 0.326 e. The maximum absolute atomic E-state index is 13.2. The average Bonchev–Trinajstić information content (AvgIpc) is 3.12. The number of carbonyl (C=O) groups excluding carboxylic acids is 5. The van der Waals surface area contributed by atoms with Crippen LogP contribution >= 0.6 is 11.8 Å². The van der Waals surface area contributed by atoms with E-state index in [2.05, 4.69) is 47.4 Å². The predicted octanol–water partition coefficient (Wildman–Crippen LogP) is 2.94. The Hall–Kier alpha value is -4.59. The van der Waals surface area contributed by atoms with Crippen molar-refractivity contribution in [1.82, 2.24) is 26.6 Å². The number of carboxylic acids is 1. The third-order valence-corrected chi connectivity index (χ3v) is 8.99. The number of rotatable bonds is 18. The van der Waals surface area contributed by atoms with Crippen LogP contribution < -0.4 is 26.6 Å². The number of hydrogen-bond acceptors (Lipinski definition) is 8. The first-order chi connectivity index (χ1) is 24.9. The largest absolute Gasteiger partial charge is 0.508 e. The number of amides is 5. The van der Waals surface area contributed by atoms with Crippen LogP contribution in [0.3, 0.4) is 0 Å². The van der Waals surface area contributed by atoms with Gasteiger partial charge in [0.1, 0.15) is 23.9 Å². The molecule has 0 aliphatic heterocycles. The summed E-state index contributed by atoms with van der Waals surface area (Å²) in [5.74, 6) is -3.25. The normalized spacial score (nSPS) is 16.8. The zero-order chi connectivity index (χ0) is 38.5. The Balaban J connectivity index is 0.00000301. The molecule has 2 aromatic carbocycles. The number of hydrogen-bond donors (Lipinski definition) is 7. The molecule has 0 spiro atoms. The highest BCUT2D eigenvalue weighted by Gasteiger charge is 2.30. The van der Waals surface area contributed by atoms with Crippen molar-refractivity contribution in [2.45, 2.75) is 90.3 Å². The Bertz CT molecular complexity index is 1440. The Kier molecular flexibility index (Phi) is 19.9. The minimum absolute atomic E-state index is 0.0633. The van der Waals surface area contributed by atoms with Crippen molar-refractivity contribution >= 4 is 47.3 Å². The summed E-state index contributed by atoms with van der Waals surface area (Å²) in [5, 5.41) is 32.0.